The van der Waals surface area contributed by atoms with E-state index in [0.717, 1.165) is 5.56 Å². The Bertz CT molecular complexity index is 424. The average molecular weight is 266 g/mol. The van der Waals surface area contributed by atoms with Gasteiger partial charge >= 0.3 is 11.9 Å². The summed E-state index contributed by atoms with van der Waals surface area (Å²) in [5.41, 5.74) is -0.930. The maximum atomic E-state index is 11.8. The summed E-state index contributed by atoms with van der Waals surface area (Å²) >= 11 is 0. The van der Waals surface area contributed by atoms with Gasteiger partial charge in [0.15, 0.2) is 0 Å². The summed E-state index contributed by atoms with van der Waals surface area (Å²) in [6, 6.07) is 9.26. The first-order chi connectivity index (χ1) is 8.95. The van der Waals surface area contributed by atoms with Crippen molar-refractivity contribution in [3.8, 4) is 0 Å². The van der Waals surface area contributed by atoms with Crippen molar-refractivity contribution in [3.63, 3.8) is 0 Å². The quantitative estimate of drug-likeness (QED) is 0.601. The van der Waals surface area contributed by atoms with E-state index in [1.807, 2.05) is 30.3 Å². The highest BCUT2D eigenvalue weighted by Gasteiger charge is 2.46. The third-order valence-corrected chi connectivity index (χ3v) is 2.83. The Balaban J connectivity index is 2.96. The number of ether oxygens (including phenoxy) is 3. The first-order valence-electron chi connectivity index (χ1n) is 5.85. The molecule has 0 amide bonds. The van der Waals surface area contributed by atoms with Crippen LogP contribution in [-0.2, 0) is 23.8 Å². The molecule has 0 aliphatic heterocycles. The molecule has 0 aliphatic carbocycles. The molecule has 0 bridgehead atoms. The molecule has 0 spiro atoms. The van der Waals surface area contributed by atoms with Crippen LogP contribution >= 0.6 is 0 Å². The molecule has 5 nitrogen and oxygen atoms in total. The fraction of sp³-hybridized carbons (Fsp3) is 0.429. The molecule has 0 heterocycles. The molecule has 1 atom stereocenters. The summed E-state index contributed by atoms with van der Waals surface area (Å²) in [5.74, 6) is -1.58. The van der Waals surface area contributed by atoms with Crippen LogP contribution in [-0.4, -0.2) is 31.8 Å². The van der Waals surface area contributed by atoms with Gasteiger partial charge in [-0.3, -0.25) is 0 Å². The number of hydrogen-bond donors (Lipinski definition) is 0. The van der Waals surface area contributed by atoms with Crippen LogP contribution < -0.4 is 0 Å². The molecule has 0 aliphatic rings. The first kappa shape index (κ1) is 15.2. The van der Waals surface area contributed by atoms with Gasteiger partial charge in [-0.15, -0.1) is 0 Å². The summed E-state index contributed by atoms with van der Waals surface area (Å²) in [6.07, 6.45) is -0.454. The van der Waals surface area contributed by atoms with E-state index in [1.165, 1.54) is 21.1 Å². The Hall–Kier alpha value is -1.88. The number of benzene rings is 1. The monoisotopic (exact) mass is 266 g/mol. The number of esters is 2. The second-order valence-corrected chi connectivity index (χ2v) is 4.19. The number of carbonyl (C=O) groups excluding carboxylic acids is 2. The topological polar surface area (TPSA) is 61.8 Å². The molecule has 1 aromatic carbocycles. The van der Waals surface area contributed by atoms with Crippen molar-refractivity contribution in [2.45, 2.75) is 25.6 Å². The maximum absolute atomic E-state index is 11.8. The number of carbonyl (C=O) groups is 2. The smallest absolute Gasteiger partial charge is 0.349 e. The lowest BCUT2D eigenvalue weighted by Crippen LogP contribution is -2.48. The number of methoxy groups -OCH3 is 2. The van der Waals surface area contributed by atoms with Gasteiger partial charge in [0.25, 0.3) is 5.60 Å². The lowest BCUT2D eigenvalue weighted by Gasteiger charge is -2.27. The molecule has 0 aromatic heterocycles. The van der Waals surface area contributed by atoms with Gasteiger partial charge in [0.2, 0.25) is 0 Å². The molecule has 0 fully saturated rings. The predicted molar refractivity (Wildman–Crippen MR) is 68.4 cm³/mol. The summed E-state index contributed by atoms with van der Waals surface area (Å²) in [7, 11) is 2.39. The lowest BCUT2D eigenvalue weighted by molar-refractivity contribution is -0.191. The van der Waals surface area contributed by atoms with E-state index in [9.17, 15) is 9.59 Å². The molecule has 1 rings (SSSR count). The van der Waals surface area contributed by atoms with Crippen LogP contribution in [0.5, 0.6) is 0 Å². The van der Waals surface area contributed by atoms with Crippen LogP contribution in [0.15, 0.2) is 30.3 Å². The van der Waals surface area contributed by atoms with E-state index in [-0.39, 0.29) is 0 Å². The zero-order valence-electron chi connectivity index (χ0n) is 11.5. The van der Waals surface area contributed by atoms with Crippen molar-refractivity contribution in [1.82, 2.24) is 0 Å². The molecule has 0 radical (unpaired) electrons. The predicted octanol–water partition coefficient (Wildman–Crippen LogP) is 1.87. The van der Waals surface area contributed by atoms with E-state index < -0.39 is 23.6 Å². The molecule has 1 unspecified atom stereocenters. The van der Waals surface area contributed by atoms with Crippen molar-refractivity contribution in [1.29, 1.82) is 0 Å². The molecule has 1 aromatic rings. The molecule has 0 saturated heterocycles. The molecule has 5 heteroatoms. The van der Waals surface area contributed by atoms with E-state index in [0.29, 0.717) is 0 Å². The normalized spacial score (nSPS) is 12.6. The van der Waals surface area contributed by atoms with Crippen molar-refractivity contribution in [2.24, 2.45) is 0 Å². The van der Waals surface area contributed by atoms with E-state index in [2.05, 4.69) is 9.47 Å². The second-order valence-electron chi connectivity index (χ2n) is 4.19. The minimum absolute atomic E-state index is 0.454. The molecule has 0 saturated carbocycles. The fourth-order valence-electron chi connectivity index (χ4n) is 1.71. The van der Waals surface area contributed by atoms with Gasteiger partial charge < -0.3 is 14.2 Å². The van der Waals surface area contributed by atoms with Gasteiger partial charge in [0.1, 0.15) is 0 Å². The minimum Gasteiger partial charge on any atom is -0.466 e. The summed E-state index contributed by atoms with van der Waals surface area (Å²) in [5, 5.41) is 0. The Kier molecular flexibility index (Phi) is 5.06. The summed E-state index contributed by atoms with van der Waals surface area (Å²) in [4.78, 5) is 23.5. The van der Waals surface area contributed by atoms with Gasteiger partial charge in [0.05, 0.1) is 20.3 Å². The largest absolute Gasteiger partial charge is 0.466 e. The first-order valence-corrected chi connectivity index (χ1v) is 5.85. The Morgan fingerprint density at radius 1 is 1.05 bits per heavy atom. The van der Waals surface area contributed by atoms with Crippen LogP contribution in [0.2, 0.25) is 0 Å². The zero-order valence-corrected chi connectivity index (χ0v) is 11.5. The van der Waals surface area contributed by atoms with E-state index in [1.54, 1.807) is 6.92 Å². The minimum atomic E-state index is -1.78. The standard InChI is InChI=1S/C14H18O5/c1-10(11-8-6-5-7-9-11)19-14(2,12(15)17-3)13(16)18-4/h5-10H,1-4H3. The third-order valence-electron chi connectivity index (χ3n) is 2.83. The van der Waals surface area contributed by atoms with Crippen LogP contribution in [0.3, 0.4) is 0 Å². The van der Waals surface area contributed by atoms with Crippen LogP contribution in [0, 0.1) is 0 Å². The van der Waals surface area contributed by atoms with E-state index in [4.69, 9.17) is 4.74 Å². The Morgan fingerprint density at radius 3 is 1.95 bits per heavy atom. The molecule has 19 heavy (non-hydrogen) atoms. The molecular formula is C14H18O5. The van der Waals surface area contributed by atoms with Crippen molar-refractivity contribution in [3.05, 3.63) is 35.9 Å². The van der Waals surface area contributed by atoms with Crippen LogP contribution in [0.4, 0.5) is 0 Å². The van der Waals surface area contributed by atoms with Crippen molar-refractivity contribution in [2.75, 3.05) is 14.2 Å². The fourth-order valence-corrected chi connectivity index (χ4v) is 1.71. The lowest BCUT2D eigenvalue weighted by atomic mass is 10.1. The Morgan fingerprint density at radius 2 is 1.53 bits per heavy atom. The molecule has 104 valence electrons. The van der Waals surface area contributed by atoms with Crippen molar-refractivity contribution < 1.29 is 23.8 Å². The summed E-state index contributed by atoms with van der Waals surface area (Å²) in [6.45, 7) is 3.09. The van der Waals surface area contributed by atoms with Gasteiger partial charge in [-0.05, 0) is 19.4 Å². The highest BCUT2D eigenvalue weighted by Crippen LogP contribution is 2.25. The highest BCUT2D eigenvalue weighted by molar-refractivity contribution is 6.03. The van der Waals surface area contributed by atoms with Crippen LogP contribution in [0.1, 0.15) is 25.5 Å². The maximum Gasteiger partial charge on any atom is 0.349 e. The van der Waals surface area contributed by atoms with E-state index >= 15 is 0 Å². The molecular weight excluding hydrogens is 248 g/mol. The average Bonchev–Trinajstić information content (AvgIpc) is 2.45. The molecule has 0 N–H and O–H groups in total. The van der Waals surface area contributed by atoms with Crippen molar-refractivity contribution >= 4 is 11.9 Å². The van der Waals surface area contributed by atoms with Crippen LogP contribution in [0.25, 0.3) is 0 Å². The van der Waals surface area contributed by atoms with Gasteiger partial charge in [-0.2, -0.15) is 0 Å². The number of hydrogen-bond acceptors (Lipinski definition) is 5. The number of rotatable bonds is 5. The van der Waals surface area contributed by atoms with Gasteiger partial charge in [-0.1, -0.05) is 30.3 Å². The SMILES string of the molecule is COC(=O)C(C)(OC(C)c1ccccc1)C(=O)OC. The summed E-state index contributed by atoms with van der Waals surface area (Å²) < 4.78 is 14.8. The zero-order chi connectivity index (χ0) is 14.5. The third kappa shape index (κ3) is 3.32. The van der Waals surface area contributed by atoms with Gasteiger partial charge in [-0.25, -0.2) is 9.59 Å². The Labute approximate surface area is 112 Å². The van der Waals surface area contributed by atoms with Gasteiger partial charge in [0, 0.05) is 0 Å². The second kappa shape index (κ2) is 6.33. The highest BCUT2D eigenvalue weighted by atomic mass is 16.6.